The lowest BCUT2D eigenvalue weighted by atomic mass is 10.0. The number of nitrogens with zero attached hydrogens (tertiary/aromatic N) is 1. The number of carbonyl (C=O) groups is 2. The van der Waals surface area contributed by atoms with Gasteiger partial charge in [0, 0.05) is 31.5 Å². The van der Waals surface area contributed by atoms with Gasteiger partial charge in [-0.3, -0.25) is 9.69 Å². The topological polar surface area (TPSA) is 78.9 Å². The van der Waals surface area contributed by atoms with Crippen LogP contribution in [-0.4, -0.2) is 42.9 Å². The molecular weight excluding hydrogens is 272 g/mol. The zero-order valence-electron chi connectivity index (χ0n) is 11.6. The minimum atomic E-state index is -0.899. The molecule has 1 atom stereocenters. The molecule has 0 aromatic heterocycles. The highest BCUT2D eigenvalue weighted by Crippen LogP contribution is 2.36. The lowest BCUT2D eigenvalue weighted by molar-refractivity contribution is -0.138. The highest BCUT2D eigenvalue weighted by atomic mass is 16.5. The van der Waals surface area contributed by atoms with E-state index < -0.39 is 11.9 Å². The number of amides is 2. The van der Waals surface area contributed by atoms with E-state index in [9.17, 15) is 14.7 Å². The van der Waals surface area contributed by atoms with Crippen molar-refractivity contribution in [3.63, 3.8) is 0 Å². The third-order valence-corrected chi connectivity index (χ3v) is 4.06. The van der Waals surface area contributed by atoms with E-state index in [1.54, 1.807) is 18.2 Å². The molecule has 0 spiro atoms. The SMILES string of the molecule is O=C(O)C1CN(C(=O)NC2CCOCC2)c2ccccc21. The number of fused-ring (bicyclic) bond motifs is 1. The first-order valence-electron chi connectivity index (χ1n) is 7.14. The maximum Gasteiger partial charge on any atom is 0.322 e. The summed E-state index contributed by atoms with van der Waals surface area (Å²) in [5, 5.41) is 12.3. The van der Waals surface area contributed by atoms with E-state index >= 15 is 0 Å². The Morgan fingerprint density at radius 2 is 1.95 bits per heavy atom. The molecule has 1 unspecified atom stereocenters. The van der Waals surface area contributed by atoms with Crippen LogP contribution in [0.4, 0.5) is 10.5 Å². The van der Waals surface area contributed by atoms with Crippen LogP contribution in [0, 0.1) is 0 Å². The van der Waals surface area contributed by atoms with Crippen molar-refractivity contribution in [3.05, 3.63) is 29.8 Å². The molecule has 2 aliphatic rings. The molecule has 112 valence electrons. The molecule has 0 aliphatic carbocycles. The van der Waals surface area contributed by atoms with Gasteiger partial charge in [0.25, 0.3) is 0 Å². The fourth-order valence-corrected chi connectivity index (χ4v) is 2.91. The minimum Gasteiger partial charge on any atom is -0.481 e. The van der Waals surface area contributed by atoms with E-state index in [2.05, 4.69) is 5.32 Å². The highest BCUT2D eigenvalue weighted by Gasteiger charge is 2.36. The summed E-state index contributed by atoms with van der Waals surface area (Å²) in [5.41, 5.74) is 1.39. The van der Waals surface area contributed by atoms with E-state index in [-0.39, 0.29) is 18.6 Å². The van der Waals surface area contributed by atoms with Gasteiger partial charge in [-0.2, -0.15) is 0 Å². The molecule has 2 aliphatic heterocycles. The van der Waals surface area contributed by atoms with Crippen LogP contribution >= 0.6 is 0 Å². The fourth-order valence-electron chi connectivity index (χ4n) is 2.91. The fraction of sp³-hybridized carbons (Fsp3) is 0.467. The van der Waals surface area contributed by atoms with Crippen LogP contribution in [0.1, 0.15) is 24.3 Å². The molecule has 1 saturated heterocycles. The first-order valence-corrected chi connectivity index (χ1v) is 7.14. The number of carbonyl (C=O) groups excluding carboxylic acids is 1. The van der Waals surface area contributed by atoms with Crippen LogP contribution in [0.15, 0.2) is 24.3 Å². The van der Waals surface area contributed by atoms with E-state index in [1.807, 2.05) is 6.07 Å². The van der Waals surface area contributed by atoms with Gasteiger partial charge in [-0.1, -0.05) is 18.2 Å². The van der Waals surface area contributed by atoms with E-state index in [0.717, 1.165) is 12.8 Å². The Balaban J connectivity index is 1.76. The van der Waals surface area contributed by atoms with E-state index in [1.165, 1.54) is 4.90 Å². The van der Waals surface area contributed by atoms with Crippen molar-refractivity contribution in [2.75, 3.05) is 24.7 Å². The van der Waals surface area contributed by atoms with Crippen molar-refractivity contribution < 1.29 is 19.4 Å². The predicted molar refractivity (Wildman–Crippen MR) is 76.5 cm³/mol. The second-order valence-electron chi connectivity index (χ2n) is 5.40. The van der Waals surface area contributed by atoms with Crippen LogP contribution < -0.4 is 10.2 Å². The van der Waals surface area contributed by atoms with Gasteiger partial charge in [0.15, 0.2) is 0 Å². The van der Waals surface area contributed by atoms with Crippen LogP contribution in [0.2, 0.25) is 0 Å². The number of aliphatic carboxylic acids is 1. The molecular formula is C15H18N2O4. The van der Waals surface area contributed by atoms with Crippen LogP contribution in [0.5, 0.6) is 0 Å². The molecule has 0 radical (unpaired) electrons. The number of anilines is 1. The average molecular weight is 290 g/mol. The zero-order chi connectivity index (χ0) is 14.8. The summed E-state index contributed by atoms with van der Waals surface area (Å²) in [7, 11) is 0. The Hall–Kier alpha value is -2.08. The van der Waals surface area contributed by atoms with Crippen molar-refractivity contribution in [1.29, 1.82) is 0 Å². The molecule has 2 heterocycles. The summed E-state index contributed by atoms with van der Waals surface area (Å²) >= 11 is 0. The molecule has 0 bridgehead atoms. The maximum atomic E-state index is 12.4. The lowest BCUT2D eigenvalue weighted by Gasteiger charge is -2.26. The number of urea groups is 1. The van der Waals surface area contributed by atoms with Gasteiger partial charge in [-0.25, -0.2) is 4.79 Å². The van der Waals surface area contributed by atoms with Crippen molar-refractivity contribution in [2.24, 2.45) is 0 Å². The molecule has 2 amide bonds. The predicted octanol–water partition coefficient (Wildman–Crippen LogP) is 1.56. The highest BCUT2D eigenvalue weighted by molar-refractivity contribution is 5.98. The first kappa shape index (κ1) is 13.9. The number of carboxylic acid groups (broad SMARTS) is 1. The second-order valence-corrected chi connectivity index (χ2v) is 5.40. The van der Waals surface area contributed by atoms with Crippen molar-refractivity contribution in [2.45, 2.75) is 24.8 Å². The first-order chi connectivity index (χ1) is 10.2. The number of para-hydroxylation sites is 1. The smallest absolute Gasteiger partial charge is 0.322 e. The third-order valence-electron chi connectivity index (χ3n) is 4.06. The molecule has 1 fully saturated rings. The van der Waals surface area contributed by atoms with Gasteiger partial charge in [0.2, 0.25) is 0 Å². The van der Waals surface area contributed by atoms with Crippen LogP contribution in [-0.2, 0) is 9.53 Å². The monoisotopic (exact) mass is 290 g/mol. The Morgan fingerprint density at radius 3 is 2.67 bits per heavy atom. The second kappa shape index (κ2) is 5.73. The number of nitrogens with one attached hydrogen (secondary N) is 1. The van der Waals surface area contributed by atoms with Gasteiger partial charge in [-0.05, 0) is 24.5 Å². The zero-order valence-corrected chi connectivity index (χ0v) is 11.6. The number of hydrogen-bond acceptors (Lipinski definition) is 3. The third kappa shape index (κ3) is 2.71. The molecule has 2 N–H and O–H groups in total. The van der Waals surface area contributed by atoms with E-state index in [0.29, 0.717) is 24.5 Å². The summed E-state index contributed by atoms with van der Waals surface area (Å²) in [4.78, 5) is 25.3. The molecule has 1 aromatic carbocycles. The number of hydrogen-bond donors (Lipinski definition) is 2. The summed E-state index contributed by atoms with van der Waals surface area (Å²) < 4.78 is 5.27. The number of rotatable bonds is 2. The van der Waals surface area contributed by atoms with Crippen LogP contribution in [0.25, 0.3) is 0 Å². The number of benzene rings is 1. The number of ether oxygens (including phenoxy) is 1. The summed E-state index contributed by atoms with van der Waals surface area (Å²) in [6.45, 7) is 1.49. The standard InChI is InChI=1S/C15H18N2O4/c18-14(19)12-9-17(13-4-2-1-3-11(12)13)15(20)16-10-5-7-21-8-6-10/h1-4,10,12H,5-9H2,(H,16,20)(H,18,19). The Morgan fingerprint density at radius 1 is 1.24 bits per heavy atom. The van der Waals surface area contributed by atoms with Gasteiger partial charge in [0.1, 0.15) is 5.92 Å². The van der Waals surface area contributed by atoms with Crippen molar-refractivity contribution in [1.82, 2.24) is 5.32 Å². The van der Waals surface area contributed by atoms with Gasteiger partial charge in [-0.15, -0.1) is 0 Å². The summed E-state index contributed by atoms with van der Waals surface area (Å²) in [5.74, 6) is -1.55. The molecule has 0 saturated carbocycles. The Labute approximate surface area is 122 Å². The van der Waals surface area contributed by atoms with Gasteiger partial charge in [0.05, 0.1) is 0 Å². The Kier molecular flexibility index (Phi) is 3.79. The van der Waals surface area contributed by atoms with Gasteiger partial charge < -0.3 is 15.2 Å². The molecule has 1 aromatic rings. The van der Waals surface area contributed by atoms with Gasteiger partial charge >= 0.3 is 12.0 Å². The van der Waals surface area contributed by atoms with Crippen molar-refractivity contribution >= 4 is 17.7 Å². The van der Waals surface area contributed by atoms with E-state index in [4.69, 9.17) is 4.74 Å². The molecule has 6 nitrogen and oxygen atoms in total. The average Bonchev–Trinajstić information content (AvgIpc) is 2.88. The molecule has 21 heavy (non-hydrogen) atoms. The maximum absolute atomic E-state index is 12.4. The van der Waals surface area contributed by atoms with Crippen molar-refractivity contribution in [3.8, 4) is 0 Å². The summed E-state index contributed by atoms with van der Waals surface area (Å²) in [6, 6.07) is 7.06. The quantitative estimate of drug-likeness (QED) is 0.866. The normalized spacial score (nSPS) is 21.9. The molecule has 6 heteroatoms. The minimum absolute atomic E-state index is 0.0993. The lowest BCUT2D eigenvalue weighted by Crippen LogP contribution is -2.46. The van der Waals surface area contributed by atoms with Crippen LogP contribution in [0.3, 0.4) is 0 Å². The molecule has 3 rings (SSSR count). The Bertz CT molecular complexity index is 554. The summed E-state index contributed by atoms with van der Waals surface area (Å²) in [6.07, 6.45) is 1.59. The largest absolute Gasteiger partial charge is 0.481 e. The number of carboxylic acids is 1.